The number of nitrogen functional groups attached to an aromatic ring is 1. The van der Waals surface area contributed by atoms with Crippen molar-refractivity contribution < 1.29 is 38.7 Å². The quantitative estimate of drug-likeness (QED) is 0.107. The lowest BCUT2D eigenvalue weighted by molar-refractivity contribution is -0.132. The van der Waals surface area contributed by atoms with Crippen molar-refractivity contribution in [3.63, 3.8) is 0 Å². The number of esters is 1. The largest absolute Gasteiger partial charge is 0.504 e. The summed E-state index contributed by atoms with van der Waals surface area (Å²) in [6, 6.07) is 6.82. The standard InChI is InChI=1S/C39H47N5O8S/c1-18-8-9-22(34(47)35(18)49-7)32-33-39(53-15-27-31-21(10-11-42(27)4)23-12-28(48-6)24(40)13-25(23)41-31)30-29(26(14-45)44(33)16-43(32)5)38-37(50-17-51-38)19(2)36(30)52-20(3)46/h8-9,12-13,26-27,32-33,39,41,45,47H,10-11,14-17,40H2,1-7H3. The average molecular weight is 746 g/mol. The molecule has 3 aromatic carbocycles. The molecule has 1 fully saturated rings. The number of rotatable bonds is 8. The summed E-state index contributed by atoms with van der Waals surface area (Å²) < 4.78 is 29.5. The summed E-state index contributed by atoms with van der Waals surface area (Å²) in [4.78, 5) is 23.4. The third kappa shape index (κ3) is 5.48. The van der Waals surface area contributed by atoms with Gasteiger partial charge in [0.1, 0.15) is 11.5 Å². The Morgan fingerprint density at radius 1 is 1.06 bits per heavy atom. The molecular weight excluding hydrogens is 699 g/mol. The monoisotopic (exact) mass is 745 g/mol. The fourth-order valence-corrected chi connectivity index (χ4v) is 10.9. The smallest absolute Gasteiger partial charge is 0.308 e. The van der Waals surface area contributed by atoms with Gasteiger partial charge in [-0.1, -0.05) is 12.1 Å². The molecule has 53 heavy (non-hydrogen) atoms. The van der Waals surface area contributed by atoms with Crippen molar-refractivity contribution in [1.82, 2.24) is 19.7 Å². The number of nitrogens with one attached hydrogen (secondary N) is 1. The number of ether oxygens (including phenoxy) is 5. The minimum atomic E-state index is -0.503. The Kier molecular flexibility index (Phi) is 9.09. The van der Waals surface area contributed by atoms with Crippen LogP contribution in [0.2, 0.25) is 0 Å². The van der Waals surface area contributed by atoms with Crippen LogP contribution in [0.5, 0.6) is 34.5 Å². The number of phenols is 1. The van der Waals surface area contributed by atoms with Crippen molar-refractivity contribution in [3.05, 3.63) is 63.3 Å². The van der Waals surface area contributed by atoms with Crippen LogP contribution in [0.25, 0.3) is 10.9 Å². The highest BCUT2D eigenvalue weighted by molar-refractivity contribution is 7.99. The number of aliphatic hydroxyl groups excluding tert-OH is 1. The molecule has 1 aromatic heterocycles. The zero-order valence-corrected chi connectivity index (χ0v) is 31.9. The van der Waals surface area contributed by atoms with Gasteiger partial charge in [-0.3, -0.25) is 19.5 Å². The minimum absolute atomic E-state index is 0.00794. The van der Waals surface area contributed by atoms with E-state index in [-0.39, 0.29) is 42.5 Å². The van der Waals surface area contributed by atoms with E-state index in [1.807, 2.05) is 45.2 Å². The van der Waals surface area contributed by atoms with Crippen molar-refractivity contribution in [3.8, 4) is 34.5 Å². The molecule has 8 rings (SSSR count). The zero-order valence-electron chi connectivity index (χ0n) is 31.1. The molecule has 0 spiro atoms. The topological polar surface area (TPSA) is 155 Å². The molecule has 282 valence electrons. The van der Waals surface area contributed by atoms with E-state index >= 15 is 0 Å². The molecule has 0 radical (unpaired) electrons. The number of H-pyrrole nitrogens is 1. The minimum Gasteiger partial charge on any atom is -0.504 e. The van der Waals surface area contributed by atoms with Gasteiger partial charge in [0.05, 0.1) is 56.6 Å². The molecular formula is C39H47N5O8S. The van der Waals surface area contributed by atoms with E-state index in [4.69, 9.17) is 29.4 Å². The van der Waals surface area contributed by atoms with Crippen LogP contribution in [-0.4, -0.2) is 103 Å². The summed E-state index contributed by atoms with van der Waals surface area (Å²) in [5.74, 6) is 2.92. The summed E-state index contributed by atoms with van der Waals surface area (Å²) in [6.07, 6.45) is 0.877. The molecule has 5 unspecified atom stereocenters. The number of thioether (sulfide) groups is 1. The molecule has 1 saturated heterocycles. The summed E-state index contributed by atoms with van der Waals surface area (Å²) in [5.41, 5.74) is 14.1. The van der Waals surface area contributed by atoms with Gasteiger partial charge in [0, 0.05) is 64.1 Å². The molecule has 13 nitrogen and oxygen atoms in total. The Morgan fingerprint density at radius 3 is 2.55 bits per heavy atom. The highest BCUT2D eigenvalue weighted by atomic mass is 32.2. The van der Waals surface area contributed by atoms with Gasteiger partial charge in [-0.2, -0.15) is 0 Å². The normalized spacial score (nSPS) is 23.9. The van der Waals surface area contributed by atoms with E-state index in [2.05, 4.69) is 26.7 Å². The van der Waals surface area contributed by atoms with Gasteiger partial charge >= 0.3 is 5.97 Å². The number of likely N-dealkylation sites (N-methyl/N-ethyl adjacent to an activating group) is 2. The van der Waals surface area contributed by atoms with Crippen LogP contribution in [0, 0.1) is 13.8 Å². The lowest BCUT2D eigenvalue weighted by atomic mass is 9.81. The van der Waals surface area contributed by atoms with E-state index in [9.17, 15) is 15.0 Å². The number of aryl methyl sites for hydroxylation is 1. The molecule has 5 heterocycles. The predicted molar refractivity (Wildman–Crippen MR) is 202 cm³/mol. The number of aromatic hydroxyl groups is 1. The Morgan fingerprint density at radius 2 is 1.83 bits per heavy atom. The van der Waals surface area contributed by atoms with Crippen molar-refractivity contribution in [2.24, 2.45) is 0 Å². The second-order valence-corrected chi connectivity index (χ2v) is 15.7. The Balaban J connectivity index is 1.31. The van der Waals surface area contributed by atoms with Crippen LogP contribution in [0.15, 0.2) is 24.3 Å². The maximum absolute atomic E-state index is 12.8. The number of carbonyl (C=O) groups is 1. The number of hydrogen-bond acceptors (Lipinski definition) is 13. The first-order chi connectivity index (χ1) is 25.5. The van der Waals surface area contributed by atoms with Crippen LogP contribution in [0.3, 0.4) is 0 Å². The van der Waals surface area contributed by atoms with Crippen molar-refractivity contribution in [2.45, 2.75) is 56.6 Å². The molecule has 4 aliphatic heterocycles. The lowest BCUT2D eigenvalue weighted by Crippen LogP contribution is -2.45. The van der Waals surface area contributed by atoms with E-state index in [0.29, 0.717) is 52.4 Å². The van der Waals surface area contributed by atoms with Crippen LogP contribution >= 0.6 is 11.8 Å². The van der Waals surface area contributed by atoms with Gasteiger partial charge in [0.2, 0.25) is 6.79 Å². The number of carbonyl (C=O) groups excluding carboxylic acids is 1. The van der Waals surface area contributed by atoms with Crippen molar-refractivity contribution in [1.29, 1.82) is 0 Å². The first-order valence-electron chi connectivity index (χ1n) is 17.9. The summed E-state index contributed by atoms with van der Waals surface area (Å²) in [5, 5.41) is 23.7. The maximum Gasteiger partial charge on any atom is 0.308 e. The highest BCUT2D eigenvalue weighted by Crippen LogP contribution is 2.62. The summed E-state index contributed by atoms with van der Waals surface area (Å²) in [7, 11) is 7.37. The molecule has 4 aromatic rings. The van der Waals surface area contributed by atoms with Crippen LogP contribution in [0.1, 0.15) is 69.4 Å². The fraction of sp³-hybridized carbons (Fsp3) is 0.462. The van der Waals surface area contributed by atoms with Gasteiger partial charge < -0.3 is 44.6 Å². The Bertz CT molecular complexity index is 2120. The average Bonchev–Trinajstić information content (AvgIpc) is 3.84. The number of nitrogens with zero attached hydrogens (tertiary/aromatic N) is 3. The number of aliphatic hydroxyl groups is 1. The Labute approximate surface area is 312 Å². The number of anilines is 1. The van der Waals surface area contributed by atoms with E-state index in [1.165, 1.54) is 12.5 Å². The molecule has 5 N–H and O–H groups in total. The summed E-state index contributed by atoms with van der Waals surface area (Å²) >= 11 is 1.78. The van der Waals surface area contributed by atoms with Gasteiger partial charge in [0.15, 0.2) is 23.0 Å². The van der Waals surface area contributed by atoms with Crippen LogP contribution in [0.4, 0.5) is 5.69 Å². The van der Waals surface area contributed by atoms with Gasteiger partial charge in [-0.15, -0.1) is 11.8 Å². The zero-order chi connectivity index (χ0) is 37.5. The third-order valence-electron chi connectivity index (χ3n) is 11.6. The number of phenolic OH excluding ortho intramolecular Hbond substituents is 1. The number of benzene rings is 3. The van der Waals surface area contributed by atoms with E-state index in [0.717, 1.165) is 51.8 Å². The molecule has 0 bridgehead atoms. The van der Waals surface area contributed by atoms with Crippen LogP contribution in [-0.2, 0) is 11.2 Å². The van der Waals surface area contributed by atoms with Crippen molar-refractivity contribution >= 4 is 34.3 Å². The molecule has 14 heteroatoms. The highest BCUT2D eigenvalue weighted by Gasteiger charge is 2.55. The first kappa shape index (κ1) is 35.7. The SMILES string of the molecule is COc1cc2c3c([nH]c2cc1N)C(CSC1c2c(OC(C)=O)c(C)c4c(c2C(CO)N2CN(C)C(c5ccc(C)c(OC)c5O)C12)OCO4)N(C)CC3. The molecule has 0 amide bonds. The third-order valence-corrected chi connectivity index (χ3v) is 13.0. The second kappa shape index (κ2) is 13.5. The van der Waals surface area contributed by atoms with E-state index < -0.39 is 12.0 Å². The molecule has 0 saturated carbocycles. The Hall–Kier alpha value is -4.34. The fourth-order valence-electron chi connectivity index (χ4n) is 9.16. The number of methoxy groups -OCH3 is 2. The first-order valence-corrected chi connectivity index (χ1v) is 18.9. The number of aromatic amines is 1. The van der Waals surface area contributed by atoms with Crippen molar-refractivity contribution in [2.75, 3.05) is 66.4 Å². The number of aromatic nitrogens is 1. The van der Waals surface area contributed by atoms with Gasteiger partial charge in [0.25, 0.3) is 0 Å². The summed E-state index contributed by atoms with van der Waals surface area (Å²) in [6.45, 7) is 6.36. The van der Waals surface area contributed by atoms with E-state index in [1.54, 1.807) is 26.0 Å². The number of nitrogens with two attached hydrogens (primary N) is 1. The lowest BCUT2D eigenvalue weighted by Gasteiger charge is -2.45. The second-order valence-electron chi connectivity index (χ2n) is 14.5. The van der Waals surface area contributed by atoms with Gasteiger partial charge in [-0.25, -0.2) is 0 Å². The number of fused-ring (bicyclic) bond motifs is 7. The van der Waals surface area contributed by atoms with Crippen LogP contribution < -0.4 is 29.4 Å². The molecule has 4 aliphatic rings. The van der Waals surface area contributed by atoms with Gasteiger partial charge in [-0.05, 0) is 57.6 Å². The molecule has 5 atom stereocenters. The number of hydrogen-bond donors (Lipinski definition) is 4. The maximum atomic E-state index is 12.8. The molecule has 0 aliphatic carbocycles. The predicted octanol–water partition coefficient (Wildman–Crippen LogP) is 5.11.